The fraction of sp³-hybridized carbons (Fsp3) is 1.00. The average Bonchev–Trinajstić information content (AvgIpc) is 2.07. The van der Waals surface area contributed by atoms with Gasteiger partial charge in [-0.05, 0) is 6.42 Å². The van der Waals surface area contributed by atoms with Gasteiger partial charge in [0.05, 0.1) is 0 Å². The quantitative estimate of drug-likeness (QED) is 0.615. The van der Waals surface area contributed by atoms with E-state index in [0.29, 0.717) is 6.42 Å². The molecule has 0 aromatic heterocycles. The summed E-state index contributed by atoms with van der Waals surface area (Å²) in [5.41, 5.74) is 5.41. The van der Waals surface area contributed by atoms with Crippen LogP contribution in [0.4, 0.5) is 0 Å². The van der Waals surface area contributed by atoms with Gasteiger partial charge in [0, 0.05) is 18.8 Å². The summed E-state index contributed by atoms with van der Waals surface area (Å²) in [4.78, 5) is 0. The predicted molar refractivity (Wildman–Crippen MR) is 64.1 cm³/mol. The number of nitrogens with two attached hydrogens (primary N) is 1. The molecule has 0 bridgehead atoms. The van der Waals surface area contributed by atoms with E-state index >= 15 is 0 Å². The van der Waals surface area contributed by atoms with E-state index in [0.717, 1.165) is 19.1 Å². The molecule has 98 valence electrons. The second kappa shape index (κ2) is 6.53. The molecule has 1 atom stereocenters. The van der Waals surface area contributed by atoms with Crippen LogP contribution in [0.15, 0.2) is 0 Å². The largest absolute Gasteiger partial charge is 0.329 e. The highest BCUT2D eigenvalue weighted by molar-refractivity contribution is 8.06. The zero-order chi connectivity index (χ0) is 12.8. The maximum absolute atomic E-state index is 11.4. The Bertz CT molecular complexity index is 388. The number of sulfonamides is 1. The zero-order valence-electron chi connectivity index (χ0n) is 9.64. The van der Waals surface area contributed by atoms with Gasteiger partial charge in [0.25, 0.3) is 0 Å². The highest BCUT2D eigenvalue weighted by atomic mass is 32.3. The molecule has 16 heavy (non-hydrogen) atoms. The van der Waals surface area contributed by atoms with E-state index in [4.69, 9.17) is 5.73 Å². The number of hydrogen-bond acceptors (Lipinski definition) is 5. The smallest absolute Gasteiger partial charge is 0.226 e. The van der Waals surface area contributed by atoms with Crippen molar-refractivity contribution in [3.63, 3.8) is 0 Å². The van der Waals surface area contributed by atoms with Gasteiger partial charge in [-0.25, -0.2) is 21.6 Å². The van der Waals surface area contributed by atoms with Crippen LogP contribution in [0.1, 0.15) is 26.2 Å². The first-order chi connectivity index (χ1) is 7.20. The van der Waals surface area contributed by atoms with E-state index in [9.17, 15) is 16.8 Å². The molecule has 0 aliphatic carbocycles. The fourth-order valence-electron chi connectivity index (χ4n) is 1.25. The molecule has 8 heteroatoms. The van der Waals surface area contributed by atoms with Crippen LogP contribution >= 0.6 is 0 Å². The van der Waals surface area contributed by atoms with E-state index in [-0.39, 0.29) is 12.6 Å². The predicted octanol–water partition coefficient (Wildman–Crippen LogP) is -0.575. The number of hydrogen-bond donors (Lipinski definition) is 2. The van der Waals surface area contributed by atoms with Crippen LogP contribution < -0.4 is 10.5 Å². The summed E-state index contributed by atoms with van der Waals surface area (Å²) in [5.74, 6) is 0. The highest BCUT2D eigenvalue weighted by Crippen LogP contribution is 2.02. The monoisotopic (exact) mass is 272 g/mol. The Morgan fingerprint density at radius 1 is 1.25 bits per heavy atom. The minimum Gasteiger partial charge on any atom is -0.329 e. The maximum atomic E-state index is 11.4. The van der Waals surface area contributed by atoms with Gasteiger partial charge in [-0.15, -0.1) is 0 Å². The van der Waals surface area contributed by atoms with Gasteiger partial charge in [-0.3, -0.25) is 0 Å². The third-order valence-electron chi connectivity index (χ3n) is 1.91. The molecule has 0 rings (SSSR count). The lowest BCUT2D eigenvalue weighted by molar-refractivity contribution is 0.518. The Morgan fingerprint density at radius 2 is 1.81 bits per heavy atom. The van der Waals surface area contributed by atoms with Gasteiger partial charge >= 0.3 is 0 Å². The van der Waals surface area contributed by atoms with E-state index in [1.165, 1.54) is 0 Å². The molecule has 0 saturated carbocycles. The first-order valence-corrected chi connectivity index (χ1v) is 8.79. The minimum absolute atomic E-state index is 0.170. The van der Waals surface area contributed by atoms with Crippen LogP contribution in [0.3, 0.4) is 0 Å². The highest BCUT2D eigenvalue weighted by Gasteiger charge is 2.21. The molecule has 0 radical (unpaired) electrons. The van der Waals surface area contributed by atoms with E-state index in [2.05, 4.69) is 4.72 Å². The lowest BCUT2D eigenvalue weighted by atomic mass is 10.1. The normalized spacial score (nSPS) is 14.9. The van der Waals surface area contributed by atoms with Gasteiger partial charge in [-0.1, -0.05) is 19.8 Å². The SMILES string of the molecule is CCCCC(CN)NS(=O)(=O)CS(C)(=O)=O. The van der Waals surface area contributed by atoms with Crippen molar-refractivity contribution in [2.45, 2.75) is 32.2 Å². The fourth-order valence-corrected chi connectivity index (χ4v) is 4.49. The Balaban J connectivity index is 4.44. The third kappa shape index (κ3) is 8.03. The summed E-state index contributed by atoms with van der Waals surface area (Å²) in [6, 6.07) is -0.383. The van der Waals surface area contributed by atoms with E-state index in [1.54, 1.807) is 0 Å². The van der Waals surface area contributed by atoms with Crippen molar-refractivity contribution >= 4 is 19.9 Å². The minimum atomic E-state index is -3.80. The van der Waals surface area contributed by atoms with Gasteiger partial charge in [-0.2, -0.15) is 0 Å². The molecule has 0 aliphatic heterocycles. The van der Waals surface area contributed by atoms with Crippen LogP contribution in [-0.2, 0) is 19.9 Å². The first kappa shape index (κ1) is 15.8. The number of unbranched alkanes of at least 4 members (excludes halogenated alkanes) is 1. The molecule has 0 heterocycles. The van der Waals surface area contributed by atoms with E-state index < -0.39 is 24.9 Å². The summed E-state index contributed by atoms with van der Waals surface area (Å²) < 4.78 is 46.9. The molecule has 0 fully saturated rings. The van der Waals surface area contributed by atoms with Gasteiger partial charge in [0.15, 0.2) is 14.9 Å². The van der Waals surface area contributed by atoms with Crippen molar-refractivity contribution in [1.29, 1.82) is 0 Å². The zero-order valence-corrected chi connectivity index (χ0v) is 11.3. The van der Waals surface area contributed by atoms with Gasteiger partial charge in [0.1, 0.15) is 0 Å². The molecule has 3 N–H and O–H groups in total. The standard InChI is InChI=1S/C8H20N2O4S2/c1-3-4-5-8(6-9)10-16(13,14)7-15(2,11)12/h8,10H,3-7,9H2,1-2H3. The Labute approximate surface area is 97.6 Å². The Hall–Kier alpha value is -0.180. The molecule has 6 nitrogen and oxygen atoms in total. The summed E-state index contributed by atoms with van der Waals surface area (Å²) >= 11 is 0. The molecule has 0 spiro atoms. The van der Waals surface area contributed by atoms with Crippen molar-refractivity contribution < 1.29 is 16.8 Å². The summed E-state index contributed by atoms with van der Waals surface area (Å²) in [7, 11) is -7.35. The van der Waals surface area contributed by atoms with Crippen molar-refractivity contribution in [2.75, 3.05) is 17.9 Å². The van der Waals surface area contributed by atoms with Crippen molar-refractivity contribution in [3.05, 3.63) is 0 Å². The van der Waals surface area contributed by atoms with Crippen LogP contribution in [0, 0.1) is 0 Å². The maximum Gasteiger partial charge on any atom is 0.226 e. The molecule has 1 unspecified atom stereocenters. The number of nitrogens with one attached hydrogen (secondary N) is 1. The lowest BCUT2D eigenvalue weighted by Crippen LogP contribution is -2.42. The number of sulfone groups is 1. The average molecular weight is 272 g/mol. The van der Waals surface area contributed by atoms with Crippen LogP contribution in [0.5, 0.6) is 0 Å². The van der Waals surface area contributed by atoms with Crippen molar-refractivity contribution in [2.24, 2.45) is 5.73 Å². The molecule has 0 amide bonds. The Kier molecular flexibility index (Phi) is 6.46. The summed E-state index contributed by atoms with van der Waals surface area (Å²) in [5, 5.41) is -0.886. The summed E-state index contributed by atoms with van der Waals surface area (Å²) in [6.45, 7) is 2.15. The molecular weight excluding hydrogens is 252 g/mol. The van der Waals surface area contributed by atoms with Crippen molar-refractivity contribution in [1.82, 2.24) is 4.72 Å². The number of rotatable bonds is 8. The summed E-state index contributed by atoms with van der Waals surface area (Å²) in [6.07, 6.45) is 3.29. The van der Waals surface area contributed by atoms with Crippen LogP contribution in [0.2, 0.25) is 0 Å². The second-order valence-corrected chi connectivity index (χ2v) is 8.11. The molecule has 0 saturated heterocycles. The second-order valence-electron chi connectivity index (χ2n) is 3.85. The first-order valence-electron chi connectivity index (χ1n) is 5.08. The Morgan fingerprint density at radius 3 is 2.19 bits per heavy atom. The molecule has 0 aromatic rings. The third-order valence-corrected chi connectivity index (χ3v) is 5.55. The van der Waals surface area contributed by atoms with Crippen molar-refractivity contribution in [3.8, 4) is 0 Å². The molecule has 0 aromatic carbocycles. The van der Waals surface area contributed by atoms with Gasteiger partial charge < -0.3 is 5.73 Å². The topological polar surface area (TPSA) is 106 Å². The molecular formula is C8H20N2O4S2. The van der Waals surface area contributed by atoms with Crippen LogP contribution in [-0.4, -0.2) is 40.8 Å². The lowest BCUT2D eigenvalue weighted by Gasteiger charge is -2.15. The van der Waals surface area contributed by atoms with Crippen LogP contribution in [0.25, 0.3) is 0 Å². The van der Waals surface area contributed by atoms with Gasteiger partial charge in [0.2, 0.25) is 10.0 Å². The van der Waals surface area contributed by atoms with E-state index in [1.807, 2.05) is 6.92 Å². The molecule has 0 aliphatic rings.